The zero-order valence-corrected chi connectivity index (χ0v) is 9.04. The lowest BCUT2D eigenvalue weighted by Crippen LogP contribution is -2.34. The maximum absolute atomic E-state index is 5.55. The molecule has 2 aliphatic rings. The molecule has 0 saturated carbocycles. The first kappa shape index (κ1) is 10.4. The number of ether oxygens (including phenoxy) is 2. The van der Waals surface area contributed by atoms with Crippen LogP contribution in [0.4, 0.5) is 0 Å². The van der Waals surface area contributed by atoms with Gasteiger partial charge in [-0.3, -0.25) is 0 Å². The highest BCUT2D eigenvalue weighted by Gasteiger charge is 2.59. The van der Waals surface area contributed by atoms with Crippen LogP contribution in [0, 0.1) is 0 Å². The summed E-state index contributed by atoms with van der Waals surface area (Å²) in [5.74, 6) is 0. The number of hydrogen-bond acceptors (Lipinski definition) is 4. The monoisotopic (exact) mass is 202 g/mol. The van der Waals surface area contributed by atoms with Crippen LogP contribution in [0.15, 0.2) is 0 Å². The van der Waals surface area contributed by atoms with E-state index in [2.05, 4.69) is 0 Å². The van der Waals surface area contributed by atoms with Crippen molar-refractivity contribution in [3.8, 4) is 0 Å². The Morgan fingerprint density at radius 2 is 2.21 bits per heavy atom. The molecule has 2 fully saturated rings. The minimum atomic E-state index is -0.267. The Morgan fingerprint density at radius 3 is 2.86 bits per heavy atom. The van der Waals surface area contributed by atoms with Crippen LogP contribution >= 0.6 is 0 Å². The Balaban J connectivity index is 1.71. The van der Waals surface area contributed by atoms with Crippen molar-refractivity contribution in [3.63, 3.8) is 0 Å². The smallest absolute Gasteiger partial charge is 0.144 e. The van der Waals surface area contributed by atoms with Gasteiger partial charge in [-0.05, 0) is 27.2 Å². The third-order valence-corrected chi connectivity index (χ3v) is 2.39. The summed E-state index contributed by atoms with van der Waals surface area (Å²) in [6.45, 7) is 7.75. The quantitative estimate of drug-likeness (QED) is 0.393. The Hall–Kier alpha value is -0.160. The van der Waals surface area contributed by atoms with Crippen LogP contribution in [0.1, 0.15) is 27.2 Å². The third kappa shape index (κ3) is 2.25. The lowest BCUT2D eigenvalue weighted by Gasteiger charge is -2.21. The molecule has 0 aromatic rings. The van der Waals surface area contributed by atoms with E-state index >= 15 is 0 Å². The standard InChI is InChI=1S/C10H18O4/c1-9(2,3)14-12-7-10-6-11-5-4-8(10)13-10/h8H,4-7H2,1-3H3. The van der Waals surface area contributed by atoms with Crippen molar-refractivity contribution in [3.05, 3.63) is 0 Å². The Morgan fingerprint density at radius 1 is 1.43 bits per heavy atom. The SMILES string of the molecule is CC(C)(C)OOCC12COCCC1O2. The Labute approximate surface area is 84.4 Å². The summed E-state index contributed by atoms with van der Waals surface area (Å²) < 4.78 is 10.9. The molecule has 2 atom stereocenters. The van der Waals surface area contributed by atoms with Gasteiger partial charge >= 0.3 is 0 Å². The van der Waals surface area contributed by atoms with Crippen molar-refractivity contribution in [1.82, 2.24) is 0 Å². The fraction of sp³-hybridized carbons (Fsp3) is 1.00. The molecule has 0 radical (unpaired) electrons. The van der Waals surface area contributed by atoms with Crippen molar-refractivity contribution in [2.75, 3.05) is 19.8 Å². The van der Waals surface area contributed by atoms with Crippen LogP contribution in [0.2, 0.25) is 0 Å². The van der Waals surface area contributed by atoms with Crippen molar-refractivity contribution >= 4 is 0 Å². The van der Waals surface area contributed by atoms with E-state index in [9.17, 15) is 0 Å². The van der Waals surface area contributed by atoms with Crippen LogP contribution in [-0.2, 0) is 19.2 Å². The molecule has 2 saturated heterocycles. The van der Waals surface area contributed by atoms with Gasteiger partial charge in [0, 0.05) is 6.61 Å². The molecule has 2 aliphatic heterocycles. The average Bonchev–Trinajstić information content (AvgIpc) is 2.76. The number of epoxide rings is 1. The molecular formula is C10H18O4. The molecule has 0 aromatic carbocycles. The molecule has 0 spiro atoms. The minimum absolute atomic E-state index is 0.205. The zero-order chi connectivity index (χ0) is 10.2. The maximum atomic E-state index is 5.55. The van der Waals surface area contributed by atoms with Crippen LogP contribution in [0.25, 0.3) is 0 Å². The topological polar surface area (TPSA) is 40.2 Å². The highest BCUT2D eigenvalue weighted by Crippen LogP contribution is 2.42. The van der Waals surface area contributed by atoms with Gasteiger partial charge in [0.1, 0.15) is 12.2 Å². The number of rotatable bonds is 3. The summed E-state index contributed by atoms with van der Waals surface area (Å²) >= 11 is 0. The predicted molar refractivity (Wildman–Crippen MR) is 49.8 cm³/mol. The van der Waals surface area contributed by atoms with Crippen LogP contribution in [0.3, 0.4) is 0 Å². The maximum Gasteiger partial charge on any atom is 0.144 e. The number of fused-ring (bicyclic) bond motifs is 1. The first-order chi connectivity index (χ1) is 6.52. The first-order valence-electron chi connectivity index (χ1n) is 5.08. The molecule has 0 N–H and O–H groups in total. The summed E-state index contributed by atoms with van der Waals surface area (Å²) in [6, 6.07) is 0. The van der Waals surface area contributed by atoms with E-state index in [0.717, 1.165) is 13.0 Å². The van der Waals surface area contributed by atoms with E-state index in [1.165, 1.54) is 0 Å². The molecule has 0 aliphatic carbocycles. The fourth-order valence-electron chi connectivity index (χ4n) is 1.61. The van der Waals surface area contributed by atoms with E-state index < -0.39 is 0 Å². The third-order valence-electron chi connectivity index (χ3n) is 2.39. The van der Waals surface area contributed by atoms with Crippen molar-refractivity contribution in [2.45, 2.75) is 44.5 Å². The molecule has 2 rings (SSSR count). The number of hydrogen-bond donors (Lipinski definition) is 0. The van der Waals surface area contributed by atoms with Gasteiger partial charge in [0.2, 0.25) is 0 Å². The molecule has 0 bridgehead atoms. The van der Waals surface area contributed by atoms with Crippen molar-refractivity contribution in [2.24, 2.45) is 0 Å². The lowest BCUT2D eigenvalue weighted by atomic mass is 10.0. The second kappa shape index (κ2) is 3.45. The Bertz CT molecular complexity index is 211. The molecule has 0 amide bonds. The summed E-state index contributed by atoms with van der Waals surface area (Å²) in [4.78, 5) is 10.4. The van der Waals surface area contributed by atoms with Gasteiger partial charge in [-0.15, -0.1) is 0 Å². The largest absolute Gasteiger partial charge is 0.378 e. The van der Waals surface area contributed by atoms with Gasteiger partial charge in [0.15, 0.2) is 0 Å². The fourth-order valence-corrected chi connectivity index (χ4v) is 1.61. The van der Waals surface area contributed by atoms with Gasteiger partial charge in [-0.2, -0.15) is 0 Å². The predicted octanol–water partition coefficient (Wildman–Crippen LogP) is 1.29. The summed E-state index contributed by atoms with van der Waals surface area (Å²) in [5, 5.41) is 0. The van der Waals surface area contributed by atoms with Crippen LogP contribution in [0.5, 0.6) is 0 Å². The van der Waals surface area contributed by atoms with Gasteiger partial charge in [0.05, 0.1) is 18.3 Å². The van der Waals surface area contributed by atoms with Crippen molar-refractivity contribution < 1.29 is 19.2 Å². The minimum Gasteiger partial charge on any atom is -0.378 e. The molecule has 0 aromatic heterocycles. The highest BCUT2D eigenvalue weighted by molar-refractivity contribution is 5.04. The summed E-state index contributed by atoms with van der Waals surface area (Å²) in [5.41, 5.74) is -0.472. The summed E-state index contributed by atoms with van der Waals surface area (Å²) in [6.07, 6.45) is 1.29. The second-order valence-electron chi connectivity index (χ2n) is 4.97. The van der Waals surface area contributed by atoms with Crippen LogP contribution < -0.4 is 0 Å². The molecule has 4 heteroatoms. The Kier molecular flexibility index (Phi) is 2.55. The average molecular weight is 202 g/mol. The normalized spacial score (nSPS) is 36.6. The molecule has 14 heavy (non-hydrogen) atoms. The first-order valence-corrected chi connectivity index (χ1v) is 5.08. The van der Waals surface area contributed by atoms with E-state index in [4.69, 9.17) is 19.2 Å². The molecule has 2 unspecified atom stereocenters. The highest BCUT2D eigenvalue weighted by atomic mass is 17.2. The van der Waals surface area contributed by atoms with Gasteiger partial charge in [-0.25, -0.2) is 9.78 Å². The van der Waals surface area contributed by atoms with E-state index in [0.29, 0.717) is 19.3 Å². The van der Waals surface area contributed by atoms with E-state index in [1.54, 1.807) is 0 Å². The zero-order valence-electron chi connectivity index (χ0n) is 9.04. The lowest BCUT2D eigenvalue weighted by molar-refractivity contribution is -0.355. The van der Waals surface area contributed by atoms with Gasteiger partial charge in [0.25, 0.3) is 0 Å². The van der Waals surface area contributed by atoms with E-state index in [1.807, 2.05) is 20.8 Å². The summed E-state index contributed by atoms with van der Waals surface area (Å²) in [7, 11) is 0. The van der Waals surface area contributed by atoms with Crippen molar-refractivity contribution in [1.29, 1.82) is 0 Å². The van der Waals surface area contributed by atoms with E-state index in [-0.39, 0.29) is 11.2 Å². The van der Waals surface area contributed by atoms with Crippen LogP contribution in [-0.4, -0.2) is 37.1 Å². The molecule has 2 heterocycles. The van der Waals surface area contributed by atoms with Gasteiger partial charge in [-0.1, -0.05) is 0 Å². The molecular weight excluding hydrogens is 184 g/mol. The second-order valence-corrected chi connectivity index (χ2v) is 4.97. The van der Waals surface area contributed by atoms with Gasteiger partial charge < -0.3 is 9.47 Å². The molecule has 4 nitrogen and oxygen atoms in total. The molecule has 82 valence electrons.